The number of anilines is 1. The summed E-state index contributed by atoms with van der Waals surface area (Å²) in [5.41, 5.74) is 6.40. The summed E-state index contributed by atoms with van der Waals surface area (Å²) in [7, 11) is 1.28. The van der Waals surface area contributed by atoms with Gasteiger partial charge in [-0.05, 0) is 23.8 Å². The van der Waals surface area contributed by atoms with Crippen molar-refractivity contribution in [1.29, 1.82) is 0 Å². The van der Waals surface area contributed by atoms with Gasteiger partial charge >= 0.3 is 5.97 Å². The van der Waals surface area contributed by atoms with E-state index in [0.717, 1.165) is 11.3 Å². The highest BCUT2D eigenvalue weighted by atomic mass is 32.1. The molecular weight excluding hydrogens is 436 g/mol. The summed E-state index contributed by atoms with van der Waals surface area (Å²) in [5.74, 6) is -1.84. The van der Waals surface area contributed by atoms with E-state index in [2.05, 4.69) is 27.0 Å². The molecule has 1 saturated heterocycles. The van der Waals surface area contributed by atoms with Crippen LogP contribution in [0.4, 0.5) is 5.13 Å². The average Bonchev–Trinajstić information content (AvgIpc) is 3.23. The van der Waals surface area contributed by atoms with E-state index in [-0.39, 0.29) is 35.4 Å². The molecule has 3 heterocycles. The van der Waals surface area contributed by atoms with Crippen LogP contribution in [0, 0.1) is 0 Å². The largest absolute Gasteiger partial charge is 0.457 e. The number of rotatable bonds is 9. The Morgan fingerprint density at radius 3 is 2.78 bits per heavy atom. The Balaban J connectivity index is 1.74. The first kappa shape index (κ1) is 22.6. The number of carbonyl (C=O) groups is 3. The lowest BCUT2D eigenvalue weighted by Gasteiger charge is -2.39. The molecule has 2 amide bonds. The lowest BCUT2D eigenvalue weighted by atomic mass is 10.0. The minimum absolute atomic E-state index is 0.0116. The van der Waals surface area contributed by atoms with Crippen LogP contribution in [0.5, 0.6) is 0 Å². The zero-order valence-electron chi connectivity index (χ0n) is 17.1. The van der Waals surface area contributed by atoms with Crippen LogP contribution in [-0.2, 0) is 24.0 Å². The lowest BCUT2D eigenvalue weighted by molar-refractivity contribution is -0.150. The minimum Gasteiger partial charge on any atom is -0.457 e. The number of β-lactam (4-membered cyclic amide) rings is 1. The molecule has 2 aromatic rings. The normalized spacial score (nSPS) is 16.2. The number of ether oxygens (including phenoxy) is 1. The van der Waals surface area contributed by atoms with Crippen molar-refractivity contribution in [2.45, 2.75) is 6.04 Å². The van der Waals surface area contributed by atoms with Gasteiger partial charge in [-0.1, -0.05) is 17.8 Å². The van der Waals surface area contributed by atoms with Crippen molar-refractivity contribution < 1.29 is 24.0 Å². The van der Waals surface area contributed by atoms with Crippen LogP contribution in [0.15, 0.2) is 53.4 Å². The van der Waals surface area contributed by atoms with Gasteiger partial charge in [0.25, 0.3) is 11.8 Å². The van der Waals surface area contributed by atoms with E-state index in [9.17, 15) is 14.4 Å². The van der Waals surface area contributed by atoms with E-state index >= 15 is 0 Å². The van der Waals surface area contributed by atoms with Crippen LogP contribution in [0.3, 0.4) is 0 Å². The molecule has 1 fully saturated rings. The Morgan fingerprint density at radius 1 is 1.44 bits per heavy atom. The van der Waals surface area contributed by atoms with E-state index in [1.165, 1.54) is 24.2 Å². The Hall–Kier alpha value is -4.06. The molecule has 0 bridgehead atoms. The molecule has 2 aromatic heterocycles. The fraction of sp³-hybridized carbons (Fsp3) is 0.200. The summed E-state index contributed by atoms with van der Waals surface area (Å²) in [6.07, 6.45) is 6.05. The predicted molar refractivity (Wildman–Crippen MR) is 117 cm³/mol. The fourth-order valence-electron chi connectivity index (χ4n) is 2.74. The van der Waals surface area contributed by atoms with E-state index in [4.69, 9.17) is 15.3 Å². The number of esters is 1. The third kappa shape index (κ3) is 5.16. The molecule has 12 heteroatoms. The highest BCUT2D eigenvalue weighted by Gasteiger charge is 2.42. The number of carbonyl (C=O) groups excluding carboxylic acids is 3. The molecule has 1 atom stereocenters. The van der Waals surface area contributed by atoms with Crippen molar-refractivity contribution in [2.24, 2.45) is 5.16 Å². The molecule has 0 spiro atoms. The van der Waals surface area contributed by atoms with E-state index in [1.807, 2.05) is 0 Å². The maximum atomic E-state index is 12.8. The van der Waals surface area contributed by atoms with Crippen molar-refractivity contribution in [3.63, 3.8) is 0 Å². The Kier molecular flexibility index (Phi) is 7.29. The SMILES string of the molecule is C=CCOC(=O)/C(=C\c1ccncc1)N1CC(NC(=O)/C(=N/OC)c2csc(N)n2)C1=O. The number of nitrogens with two attached hydrogens (primary N) is 1. The number of oxime groups is 1. The van der Waals surface area contributed by atoms with Crippen molar-refractivity contribution in [3.8, 4) is 0 Å². The summed E-state index contributed by atoms with van der Waals surface area (Å²) in [6, 6.07) is 2.49. The monoisotopic (exact) mass is 456 g/mol. The molecule has 32 heavy (non-hydrogen) atoms. The smallest absolute Gasteiger partial charge is 0.355 e. The molecule has 3 rings (SSSR count). The summed E-state index contributed by atoms with van der Waals surface area (Å²) < 4.78 is 5.10. The molecule has 11 nitrogen and oxygen atoms in total. The van der Waals surface area contributed by atoms with Crippen LogP contribution in [-0.4, -0.2) is 64.7 Å². The topological polar surface area (TPSA) is 149 Å². The number of aromatic nitrogens is 2. The summed E-state index contributed by atoms with van der Waals surface area (Å²) in [4.78, 5) is 51.8. The van der Waals surface area contributed by atoms with Gasteiger partial charge in [-0.15, -0.1) is 11.3 Å². The fourth-order valence-corrected chi connectivity index (χ4v) is 3.29. The standard InChI is InChI=1S/C20H20N6O5S/c1-3-8-31-19(29)15(9-12-4-6-22-7-5-12)26-10-13(18(26)28)23-17(27)16(25-30-2)14-11-32-20(21)24-14/h3-7,9,11,13H,1,8,10H2,2H3,(H2,21,24)(H,23,27)/b15-9+,25-16+. The molecular formula is C20H20N6O5S. The van der Waals surface area contributed by atoms with Gasteiger partial charge in [0.05, 0.1) is 6.54 Å². The minimum atomic E-state index is -0.867. The molecule has 0 aliphatic carbocycles. The first-order valence-electron chi connectivity index (χ1n) is 9.29. The summed E-state index contributed by atoms with van der Waals surface area (Å²) in [5, 5.41) is 8.05. The quantitative estimate of drug-likeness (QED) is 0.139. The maximum absolute atomic E-state index is 12.8. The second-order valence-corrected chi connectivity index (χ2v) is 7.26. The molecule has 0 aromatic carbocycles. The van der Waals surface area contributed by atoms with Crippen LogP contribution < -0.4 is 11.1 Å². The first-order chi connectivity index (χ1) is 15.4. The molecule has 1 unspecified atom stereocenters. The third-order valence-corrected chi connectivity index (χ3v) is 4.91. The maximum Gasteiger partial charge on any atom is 0.355 e. The second kappa shape index (κ2) is 10.3. The predicted octanol–water partition coefficient (Wildman–Crippen LogP) is 0.568. The van der Waals surface area contributed by atoms with Gasteiger partial charge in [0, 0.05) is 17.8 Å². The number of pyridine rings is 1. The number of nitrogens with one attached hydrogen (secondary N) is 1. The van der Waals surface area contributed by atoms with Gasteiger partial charge in [0.2, 0.25) is 0 Å². The Bertz CT molecular complexity index is 1080. The average molecular weight is 456 g/mol. The van der Waals surface area contributed by atoms with Crippen LogP contribution in [0.25, 0.3) is 6.08 Å². The zero-order valence-corrected chi connectivity index (χ0v) is 17.9. The number of nitrogens with zero attached hydrogens (tertiary/aromatic N) is 4. The van der Waals surface area contributed by atoms with E-state index in [0.29, 0.717) is 5.56 Å². The summed E-state index contributed by atoms with van der Waals surface area (Å²) in [6.45, 7) is 3.55. The van der Waals surface area contributed by atoms with Gasteiger partial charge in [-0.2, -0.15) is 0 Å². The number of nitrogen functional groups attached to an aromatic ring is 1. The van der Waals surface area contributed by atoms with Crippen molar-refractivity contribution in [2.75, 3.05) is 26.0 Å². The van der Waals surface area contributed by atoms with Crippen LogP contribution in [0.1, 0.15) is 11.3 Å². The van der Waals surface area contributed by atoms with Crippen LogP contribution in [0.2, 0.25) is 0 Å². The highest BCUT2D eigenvalue weighted by Crippen LogP contribution is 2.22. The molecule has 166 valence electrons. The van der Waals surface area contributed by atoms with E-state index in [1.54, 1.807) is 29.9 Å². The molecule has 0 saturated carbocycles. The lowest BCUT2D eigenvalue weighted by Crippen LogP contribution is -2.64. The van der Waals surface area contributed by atoms with Gasteiger partial charge < -0.3 is 25.5 Å². The zero-order chi connectivity index (χ0) is 23.1. The number of likely N-dealkylation sites (tertiary alicyclic amines) is 1. The van der Waals surface area contributed by atoms with Crippen molar-refractivity contribution >= 4 is 46.0 Å². The highest BCUT2D eigenvalue weighted by molar-refractivity contribution is 7.13. The summed E-state index contributed by atoms with van der Waals surface area (Å²) >= 11 is 1.13. The van der Waals surface area contributed by atoms with Crippen molar-refractivity contribution in [1.82, 2.24) is 20.2 Å². The van der Waals surface area contributed by atoms with Crippen molar-refractivity contribution in [3.05, 3.63) is 59.5 Å². The Labute approximate surface area is 187 Å². The van der Waals surface area contributed by atoms with Gasteiger partial charge in [-0.3, -0.25) is 14.6 Å². The number of amides is 2. The number of thiazole rings is 1. The second-order valence-electron chi connectivity index (χ2n) is 6.37. The molecule has 1 aliphatic rings. The van der Waals surface area contributed by atoms with Crippen LogP contribution >= 0.6 is 11.3 Å². The van der Waals surface area contributed by atoms with Gasteiger partial charge in [-0.25, -0.2) is 9.78 Å². The number of hydrogen-bond acceptors (Lipinski definition) is 10. The van der Waals surface area contributed by atoms with E-state index < -0.39 is 23.8 Å². The Morgan fingerprint density at radius 2 is 2.19 bits per heavy atom. The number of hydrogen-bond donors (Lipinski definition) is 2. The molecule has 3 N–H and O–H groups in total. The molecule has 1 aliphatic heterocycles. The van der Waals surface area contributed by atoms with Gasteiger partial charge in [0.15, 0.2) is 10.8 Å². The molecule has 0 radical (unpaired) electrons. The third-order valence-electron chi connectivity index (χ3n) is 4.24. The first-order valence-corrected chi connectivity index (χ1v) is 10.2. The van der Waals surface area contributed by atoms with Gasteiger partial charge in [0.1, 0.15) is 31.1 Å².